The molecule has 1 aromatic rings. The van der Waals surface area contributed by atoms with E-state index >= 15 is 0 Å². The van der Waals surface area contributed by atoms with E-state index in [0.29, 0.717) is 4.90 Å². The Hall–Kier alpha value is -2.37. The minimum Gasteiger partial charge on any atom is -0.367 e. The molecule has 0 aromatic heterocycles. The van der Waals surface area contributed by atoms with E-state index in [1.54, 1.807) is 0 Å². The molecule has 8 nitrogen and oxygen atoms in total. The molecule has 3 saturated heterocycles. The van der Waals surface area contributed by atoms with Crippen molar-refractivity contribution in [2.45, 2.75) is 55.8 Å². The van der Waals surface area contributed by atoms with Crippen molar-refractivity contribution in [3.05, 3.63) is 28.3 Å². The molecular formula is C19H18ClF3N4O4. The van der Waals surface area contributed by atoms with Crippen LogP contribution in [0.5, 0.6) is 0 Å². The Kier molecular flexibility index (Phi) is 4.16. The number of imide groups is 1. The van der Waals surface area contributed by atoms with Gasteiger partial charge in [0.1, 0.15) is 5.92 Å². The van der Waals surface area contributed by atoms with Crippen LogP contribution in [0.25, 0.3) is 0 Å². The van der Waals surface area contributed by atoms with Gasteiger partial charge in [-0.2, -0.15) is 18.3 Å². The van der Waals surface area contributed by atoms with Crippen molar-refractivity contribution >= 4 is 35.8 Å². The van der Waals surface area contributed by atoms with E-state index in [1.807, 2.05) is 0 Å². The smallest absolute Gasteiger partial charge is 0.367 e. The highest BCUT2D eigenvalue weighted by atomic mass is 35.5. The Morgan fingerprint density at radius 2 is 1.97 bits per heavy atom. The molecule has 3 unspecified atom stereocenters. The fourth-order valence-corrected chi connectivity index (χ4v) is 5.89. The fraction of sp³-hybridized carbons (Fsp3) is 0.526. The number of carbonyl (C=O) groups is 2. The van der Waals surface area contributed by atoms with Crippen LogP contribution < -0.4 is 4.90 Å². The third kappa shape index (κ3) is 2.21. The molecular weight excluding hydrogens is 441 g/mol. The lowest BCUT2D eigenvalue weighted by atomic mass is 9.60. The monoisotopic (exact) mass is 458 g/mol. The molecule has 166 valence electrons. The zero-order valence-electron chi connectivity index (χ0n) is 16.7. The lowest BCUT2D eigenvalue weighted by molar-refractivity contribution is -0.151. The van der Waals surface area contributed by atoms with E-state index in [0.717, 1.165) is 19.1 Å². The molecule has 12 heteroatoms. The van der Waals surface area contributed by atoms with Gasteiger partial charge in [0, 0.05) is 6.42 Å². The number of ether oxygens (including phenoxy) is 1. The molecule has 0 aliphatic carbocycles. The summed E-state index contributed by atoms with van der Waals surface area (Å²) in [4.78, 5) is 31.3. The van der Waals surface area contributed by atoms with Crippen molar-refractivity contribution in [3.8, 4) is 0 Å². The number of aliphatic imine (C=N–C) groups is 1. The minimum absolute atomic E-state index is 0.206. The first-order valence-corrected chi connectivity index (χ1v) is 9.57. The molecule has 1 aromatic carbocycles. The second-order valence-electron chi connectivity index (χ2n) is 8.45. The molecule has 0 spiro atoms. The number of benzene rings is 1. The van der Waals surface area contributed by atoms with Crippen molar-refractivity contribution in [2.24, 2.45) is 16.0 Å². The Morgan fingerprint density at radius 3 is 2.48 bits per heavy atom. The van der Waals surface area contributed by atoms with Gasteiger partial charge in [0.05, 0.1) is 21.9 Å². The van der Waals surface area contributed by atoms with Crippen LogP contribution in [0.15, 0.2) is 22.2 Å². The van der Waals surface area contributed by atoms with Gasteiger partial charge in [-0.05, 0) is 45.2 Å². The molecule has 3 aliphatic heterocycles. The molecule has 3 fully saturated rings. The number of halogens is 4. The second kappa shape index (κ2) is 5.90. The Labute approximate surface area is 179 Å². The Bertz CT molecular complexity index is 1080. The molecule has 3 heterocycles. The molecule has 0 radical (unpaired) electrons. The molecule has 2 amide bonds. The Balaban J connectivity index is 1.96. The number of amides is 2. The molecule has 2 N–H and O–H groups in total. The quantitative estimate of drug-likeness (QED) is 0.411. The SMILES string of the molecule is C=N[C@]1(O)CC2(C)OC1(C)[C@]1(N=N)C(=O)N(c3ccc(Cl)c(C(F)(F)F)c3C)C(=O)C21. The van der Waals surface area contributed by atoms with Crippen molar-refractivity contribution < 1.29 is 32.6 Å². The average molecular weight is 459 g/mol. The summed E-state index contributed by atoms with van der Waals surface area (Å²) in [5.41, 5.74) is -1.78. The summed E-state index contributed by atoms with van der Waals surface area (Å²) >= 11 is 5.74. The van der Waals surface area contributed by atoms with Crippen LogP contribution in [0.1, 0.15) is 31.4 Å². The first-order chi connectivity index (χ1) is 14.1. The topological polar surface area (TPSA) is 115 Å². The van der Waals surface area contributed by atoms with Crippen LogP contribution in [0.3, 0.4) is 0 Å². The molecule has 0 saturated carbocycles. The van der Waals surface area contributed by atoms with E-state index in [4.69, 9.17) is 21.9 Å². The van der Waals surface area contributed by atoms with Gasteiger partial charge in [0.15, 0.2) is 11.3 Å². The zero-order valence-corrected chi connectivity index (χ0v) is 17.4. The summed E-state index contributed by atoms with van der Waals surface area (Å²) in [6.45, 7) is 7.21. The van der Waals surface area contributed by atoms with Gasteiger partial charge < -0.3 is 9.84 Å². The molecule has 2 bridgehead atoms. The second-order valence-corrected chi connectivity index (χ2v) is 8.86. The Morgan fingerprint density at radius 1 is 1.35 bits per heavy atom. The number of hydrogen-bond donors (Lipinski definition) is 2. The molecule has 5 atom stereocenters. The molecule has 3 aliphatic rings. The number of rotatable bonds is 3. The summed E-state index contributed by atoms with van der Waals surface area (Å²) in [5.74, 6) is -3.30. The van der Waals surface area contributed by atoms with Gasteiger partial charge in [-0.15, -0.1) is 0 Å². The van der Waals surface area contributed by atoms with Gasteiger partial charge >= 0.3 is 6.18 Å². The highest BCUT2D eigenvalue weighted by molar-refractivity contribution is 6.32. The number of hydrogen-bond acceptors (Lipinski definition) is 7. The van der Waals surface area contributed by atoms with Gasteiger partial charge in [0.2, 0.25) is 11.4 Å². The van der Waals surface area contributed by atoms with Crippen molar-refractivity contribution in [1.82, 2.24) is 0 Å². The summed E-state index contributed by atoms with van der Waals surface area (Å²) < 4.78 is 46.6. The number of alkyl halides is 3. The maximum Gasteiger partial charge on any atom is 0.418 e. The third-order valence-corrected chi connectivity index (χ3v) is 7.21. The predicted octanol–water partition coefficient (Wildman–Crippen LogP) is 3.27. The zero-order chi connectivity index (χ0) is 23.4. The predicted molar refractivity (Wildman–Crippen MR) is 102 cm³/mol. The van der Waals surface area contributed by atoms with Crippen molar-refractivity contribution in [2.75, 3.05) is 4.90 Å². The van der Waals surface area contributed by atoms with Crippen LogP contribution in [0.4, 0.5) is 18.9 Å². The van der Waals surface area contributed by atoms with Gasteiger partial charge in [0.25, 0.3) is 5.91 Å². The van der Waals surface area contributed by atoms with E-state index in [2.05, 4.69) is 16.8 Å². The third-order valence-electron chi connectivity index (χ3n) is 6.90. The number of nitrogens with one attached hydrogen (secondary N) is 1. The molecule has 4 rings (SSSR count). The van der Waals surface area contributed by atoms with E-state index in [-0.39, 0.29) is 12.1 Å². The lowest BCUT2D eigenvalue weighted by Crippen LogP contribution is -2.68. The van der Waals surface area contributed by atoms with Crippen LogP contribution in [0, 0.1) is 18.4 Å². The average Bonchev–Trinajstić information content (AvgIpc) is 3.11. The highest BCUT2D eigenvalue weighted by Crippen LogP contribution is 2.68. The number of anilines is 1. The summed E-state index contributed by atoms with van der Waals surface area (Å²) in [6.07, 6.45) is -5.04. The van der Waals surface area contributed by atoms with Crippen LogP contribution in [0.2, 0.25) is 5.02 Å². The number of carbonyl (C=O) groups excluding carboxylic acids is 2. The van der Waals surface area contributed by atoms with Crippen molar-refractivity contribution in [1.29, 1.82) is 5.53 Å². The van der Waals surface area contributed by atoms with Gasteiger partial charge in [-0.3, -0.25) is 14.6 Å². The fourth-order valence-electron chi connectivity index (χ4n) is 5.58. The molecule has 31 heavy (non-hydrogen) atoms. The largest absolute Gasteiger partial charge is 0.418 e. The van der Waals surface area contributed by atoms with E-state index in [9.17, 15) is 27.9 Å². The van der Waals surface area contributed by atoms with Crippen LogP contribution in [-0.4, -0.2) is 46.1 Å². The van der Waals surface area contributed by atoms with Gasteiger partial charge in [-0.1, -0.05) is 11.6 Å². The van der Waals surface area contributed by atoms with Crippen LogP contribution >= 0.6 is 11.6 Å². The summed E-state index contributed by atoms with van der Waals surface area (Å²) in [6, 6.07) is 2.08. The maximum absolute atomic E-state index is 13.6. The van der Waals surface area contributed by atoms with E-state index < -0.39 is 62.5 Å². The first kappa shape index (κ1) is 21.8. The normalized spacial score (nSPS) is 39.2. The van der Waals surface area contributed by atoms with E-state index in [1.165, 1.54) is 13.8 Å². The number of aliphatic hydroxyl groups is 1. The number of fused-ring (bicyclic) bond motifs is 5. The highest BCUT2D eigenvalue weighted by Gasteiger charge is 2.89. The summed E-state index contributed by atoms with van der Waals surface area (Å²) in [7, 11) is 0. The van der Waals surface area contributed by atoms with Crippen molar-refractivity contribution in [3.63, 3.8) is 0 Å². The minimum atomic E-state index is -4.83. The van der Waals surface area contributed by atoms with Crippen LogP contribution in [-0.2, 0) is 20.5 Å². The summed E-state index contributed by atoms with van der Waals surface area (Å²) in [5, 5.41) is 13.9. The standard InChI is InChI=1S/C19H18ClF3N4O4/c1-8-10(6-5-9(20)11(8)19(21,22)23)27-13(28)12-15(2)7-17(30,25-4)16(3,31-15)18(12,26-24)14(27)29/h5-6,12,24,30H,4,7H2,1-3H3/t12?,15?,16?,17-,18+/m0/s1. The lowest BCUT2D eigenvalue weighted by Gasteiger charge is -2.44. The number of nitrogens with zero attached hydrogens (tertiary/aromatic N) is 3. The van der Waals surface area contributed by atoms with Gasteiger partial charge in [-0.25, -0.2) is 10.4 Å². The maximum atomic E-state index is 13.6. The first-order valence-electron chi connectivity index (χ1n) is 9.19.